The van der Waals surface area contributed by atoms with Crippen LogP contribution in [0.4, 0.5) is 11.4 Å². The maximum absolute atomic E-state index is 11.8. The average Bonchev–Trinajstić information content (AvgIpc) is 2.26. The molecule has 1 rings (SSSR count). The second-order valence-corrected chi connectivity index (χ2v) is 5.09. The van der Waals surface area contributed by atoms with Gasteiger partial charge in [-0.2, -0.15) is 13.1 Å². The van der Waals surface area contributed by atoms with Crippen molar-refractivity contribution in [3.05, 3.63) is 18.5 Å². The molecule has 0 saturated carbocycles. The van der Waals surface area contributed by atoms with Gasteiger partial charge in [0.25, 0.3) is 0 Å². The van der Waals surface area contributed by atoms with Crippen molar-refractivity contribution in [3.63, 3.8) is 0 Å². The zero-order chi connectivity index (χ0) is 12.2. The van der Waals surface area contributed by atoms with Gasteiger partial charge in [-0.3, -0.25) is 9.29 Å². The first kappa shape index (κ1) is 12.7. The van der Waals surface area contributed by atoms with Gasteiger partial charge in [0, 0.05) is 19.8 Å². The second-order valence-electron chi connectivity index (χ2n) is 3.30. The molecule has 1 aromatic rings. The Bertz CT molecular complexity index is 447. The normalized spacial score (nSPS) is 11.4. The van der Waals surface area contributed by atoms with E-state index in [1.165, 1.54) is 19.4 Å². The van der Waals surface area contributed by atoms with Gasteiger partial charge in [-0.1, -0.05) is 6.92 Å². The predicted molar refractivity (Wildman–Crippen MR) is 64.3 cm³/mol. The molecule has 6 nitrogen and oxygen atoms in total. The van der Waals surface area contributed by atoms with Gasteiger partial charge in [-0.15, -0.1) is 0 Å². The van der Waals surface area contributed by atoms with Crippen molar-refractivity contribution >= 4 is 21.6 Å². The van der Waals surface area contributed by atoms with Gasteiger partial charge in [0.05, 0.1) is 17.6 Å². The zero-order valence-electron chi connectivity index (χ0n) is 9.34. The van der Waals surface area contributed by atoms with E-state index in [1.807, 2.05) is 6.92 Å². The van der Waals surface area contributed by atoms with Gasteiger partial charge < -0.3 is 5.73 Å². The average molecular weight is 244 g/mol. The topological polar surface area (TPSA) is 88.3 Å². The summed E-state index contributed by atoms with van der Waals surface area (Å²) >= 11 is 0. The molecule has 0 radical (unpaired) electrons. The highest BCUT2D eigenvalue weighted by atomic mass is 32.2. The van der Waals surface area contributed by atoms with Gasteiger partial charge in [-0.25, -0.2) is 0 Å². The number of aromatic nitrogens is 1. The first-order valence-electron chi connectivity index (χ1n) is 4.92. The lowest BCUT2D eigenvalue weighted by atomic mass is 10.3. The number of nitrogens with one attached hydrogen (secondary N) is 1. The Kier molecular flexibility index (Phi) is 4.08. The third-order valence-electron chi connectivity index (χ3n) is 2.06. The number of nitrogens with zero attached hydrogens (tertiary/aromatic N) is 2. The van der Waals surface area contributed by atoms with Crippen LogP contribution < -0.4 is 14.8 Å². The van der Waals surface area contributed by atoms with Gasteiger partial charge in [0.1, 0.15) is 0 Å². The summed E-state index contributed by atoms with van der Waals surface area (Å²) < 4.78 is 27.1. The standard InChI is InChI=1S/C9H16N4O2S/c1-3-5-12-16(14,15)13(2)9-4-6-11-7-8(9)10/h4,6-7,12H,3,5,10H2,1-2H3. The van der Waals surface area contributed by atoms with E-state index in [-0.39, 0.29) is 0 Å². The maximum Gasteiger partial charge on any atom is 0.301 e. The summed E-state index contributed by atoms with van der Waals surface area (Å²) in [5, 5.41) is 0. The van der Waals surface area contributed by atoms with E-state index in [2.05, 4.69) is 9.71 Å². The summed E-state index contributed by atoms with van der Waals surface area (Å²) in [7, 11) is -2.07. The van der Waals surface area contributed by atoms with Gasteiger partial charge in [0.15, 0.2) is 0 Å². The molecule has 0 spiro atoms. The molecule has 0 amide bonds. The Hall–Kier alpha value is -1.34. The summed E-state index contributed by atoms with van der Waals surface area (Å²) in [4.78, 5) is 3.80. The van der Waals surface area contributed by atoms with Crippen LogP contribution in [-0.4, -0.2) is 27.0 Å². The molecule has 1 heterocycles. The monoisotopic (exact) mass is 244 g/mol. The van der Waals surface area contributed by atoms with E-state index in [9.17, 15) is 8.42 Å². The Balaban J connectivity index is 2.94. The van der Waals surface area contributed by atoms with E-state index in [0.717, 1.165) is 10.7 Å². The number of nitrogens with two attached hydrogens (primary N) is 1. The number of pyridine rings is 1. The van der Waals surface area contributed by atoms with E-state index in [0.29, 0.717) is 17.9 Å². The molecule has 0 saturated heterocycles. The largest absolute Gasteiger partial charge is 0.396 e. The lowest BCUT2D eigenvalue weighted by Crippen LogP contribution is -2.38. The number of nitrogen functional groups attached to an aromatic ring is 1. The fourth-order valence-corrected chi connectivity index (χ4v) is 2.22. The Morgan fingerprint density at radius 3 is 2.81 bits per heavy atom. The molecule has 0 fully saturated rings. The molecule has 0 bridgehead atoms. The van der Waals surface area contributed by atoms with Gasteiger partial charge in [0.2, 0.25) is 0 Å². The van der Waals surface area contributed by atoms with Crippen LogP contribution in [-0.2, 0) is 10.2 Å². The highest BCUT2D eigenvalue weighted by Crippen LogP contribution is 2.21. The predicted octanol–water partition coefficient (Wildman–Crippen LogP) is 0.344. The number of hydrogen-bond acceptors (Lipinski definition) is 4. The summed E-state index contributed by atoms with van der Waals surface area (Å²) in [5.41, 5.74) is 6.39. The van der Waals surface area contributed by atoms with Gasteiger partial charge >= 0.3 is 10.2 Å². The molecule has 1 aromatic heterocycles. The van der Waals surface area contributed by atoms with E-state index in [1.54, 1.807) is 6.07 Å². The van der Waals surface area contributed by atoms with Crippen LogP contribution in [0.15, 0.2) is 18.5 Å². The number of anilines is 2. The Labute approximate surface area is 95.7 Å². The van der Waals surface area contributed by atoms with Crippen LogP contribution in [0.1, 0.15) is 13.3 Å². The Morgan fingerprint density at radius 1 is 1.56 bits per heavy atom. The van der Waals surface area contributed by atoms with Crippen LogP contribution in [0, 0.1) is 0 Å². The molecule has 16 heavy (non-hydrogen) atoms. The first-order chi connectivity index (χ1) is 7.49. The van der Waals surface area contributed by atoms with E-state index < -0.39 is 10.2 Å². The molecule has 0 aliphatic heterocycles. The van der Waals surface area contributed by atoms with Crippen molar-refractivity contribution in [2.75, 3.05) is 23.6 Å². The smallest absolute Gasteiger partial charge is 0.301 e. The highest BCUT2D eigenvalue weighted by molar-refractivity contribution is 7.90. The minimum absolute atomic E-state index is 0.326. The first-order valence-corrected chi connectivity index (χ1v) is 6.36. The summed E-state index contributed by atoms with van der Waals surface area (Å²) in [6, 6.07) is 1.56. The zero-order valence-corrected chi connectivity index (χ0v) is 10.2. The maximum atomic E-state index is 11.8. The fourth-order valence-electron chi connectivity index (χ4n) is 1.14. The van der Waals surface area contributed by atoms with E-state index in [4.69, 9.17) is 5.73 Å². The molecule has 0 atom stereocenters. The molecule has 0 aliphatic carbocycles. The third-order valence-corrected chi connectivity index (χ3v) is 3.55. The number of hydrogen-bond donors (Lipinski definition) is 2. The molecule has 0 aromatic carbocycles. The van der Waals surface area contributed by atoms with Crippen LogP contribution in [0.2, 0.25) is 0 Å². The minimum Gasteiger partial charge on any atom is -0.396 e. The molecular formula is C9H16N4O2S. The van der Waals surface area contributed by atoms with Crippen molar-refractivity contribution in [2.45, 2.75) is 13.3 Å². The molecule has 0 unspecified atom stereocenters. The second kappa shape index (κ2) is 5.13. The lowest BCUT2D eigenvalue weighted by Gasteiger charge is -2.20. The van der Waals surface area contributed by atoms with Crippen molar-refractivity contribution in [2.24, 2.45) is 0 Å². The molecular weight excluding hydrogens is 228 g/mol. The van der Waals surface area contributed by atoms with Crippen LogP contribution >= 0.6 is 0 Å². The molecule has 0 aliphatic rings. The summed E-state index contributed by atoms with van der Waals surface area (Å²) in [5.74, 6) is 0. The summed E-state index contributed by atoms with van der Waals surface area (Å²) in [6.45, 7) is 2.29. The van der Waals surface area contributed by atoms with Crippen LogP contribution in [0.5, 0.6) is 0 Å². The van der Waals surface area contributed by atoms with Gasteiger partial charge in [-0.05, 0) is 12.5 Å². The quantitative estimate of drug-likeness (QED) is 0.782. The van der Waals surface area contributed by atoms with Crippen molar-refractivity contribution in [3.8, 4) is 0 Å². The van der Waals surface area contributed by atoms with Crippen LogP contribution in [0.25, 0.3) is 0 Å². The lowest BCUT2D eigenvalue weighted by molar-refractivity contribution is 0.579. The molecule has 3 N–H and O–H groups in total. The minimum atomic E-state index is -3.52. The van der Waals surface area contributed by atoms with Crippen molar-refractivity contribution in [1.82, 2.24) is 9.71 Å². The third kappa shape index (κ3) is 2.83. The Morgan fingerprint density at radius 2 is 2.25 bits per heavy atom. The molecule has 7 heteroatoms. The SMILES string of the molecule is CCCNS(=O)(=O)N(C)c1ccncc1N. The molecule has 90 valence electrons. The number of rotatable bonds is 5. The van der Waals surface area contributed by atoms with Crippen molar-refractivity contribution in [1.29, 1.82) is 0 Å². The highest BCUT2D eigenvalue weighted by Gasteiger charge is 2.18. The summed E-state index contributed by atoms with van der Waals surface area (Å²) in [6.07, 6.45) is 3.65. The van der Waals surface area contributed by atoms with E-state index >= 15 is 0 Å². The fraction of sp³-hybridized carbons (Fsp3) is 0.444. The van der Waals surface area contributed by atoms with Crippen LogP contribution in [0.3, 0.4) is 0 Å². The van der Waals surface area contributed by atoms with Crippen molar-refractivity contribution < 1.29 is 8.42 Å².